The minimum atomic E-state index is -0.495. The van der Waals surface area contributed by atoms with Gasteiger partial charge in [-0.05, 0) is 72.4 Å². The van der Waals surface area contributed by atoms with Crippen molar-refractivity contribution >= 4 is 32.5 Å². The summed E-state index contributed by atoms with van der Waals surface area (Å²) >= 11 is 0. The minimum Gasteiger partial charge on any atom is -0.459 e. The number of ether oxygens (including phenoxy) is 2. The van der Waals surface area contributed by atoms with Crippen LogP contribution in [0, 0.1) is 5.92 Å². The summed E-state index contributed by atoms with van der Waals surface area (Å²) in [4.78, 5) is 25.4. The van der Waals surface area contributed by atoms with Gasteiger partial charge in [0.05, 0.1) is 25.2 Å². The highest BCUT2D eigenvalue weighted by Gasteiger charge is 2.26. The number of nitrogens with one attached hydrogen (secondary N) is 1. The number of amides is 1. The highest BCUT2D eigenvalue weighted by molar-refractivity contribution is 6.89. The van der Waals surface area contributed by atoms with E-state index in [9.17, 15) is 4.79 Å². The van der Waals surface area contributed by atoms with E-state index in [1.807, 2.05) is 27.7 Å². The second-order valence-corrected chi connectivity index (χ2v) is 10.6. The lowest BCUT2D eigenvalue weighted by atomic mass is 9.56. The van der Waals surface area contributed by atoms with Crippen LogP contribution in [-0.4, -0.2) is 95.2 Å². The van der Waals surface area contributed by atoms with Crippen LogP contribution >= 0.6 is 0 Å². The number of carbonyl (C=O) groups excluding carboxylic acids is 1. The molecule has 1 N–H and O–H groups in total. The zero-order valence-corrected chi connectivity index (χ0v) is 22.6. The number of aromatic nitrogens is 4. The van der Waals surface area contributed by atoms with Crippen LogP contribution in [0.15, 0.2) is 6.20 Å². The summed E-state index contributed by atoms with van der Waals surface area (Å²) in [5.41, 5.74) is 0.905. The van der Waals surface area contributed by atoms with E-state index in [2.05, 4.69) is 26.9 Å². The Morgan fingerprint density at radius 3 is 2.78 bits per heavy atom. The molecule has 1 aliphatic heterocycles. The van der Waals surface area contributed by atoms with Crippen molar-refractivity contribution in [1.29, 1.82) is 0 Å². The normalized spacial score (nSPS) is 16.4. The maximum Gasteiger partial charge on any atom is 0.410 e. The molecule has 3 heterocycles. The van der Waals surface area contributed by atoms with Gasteiger partial charge in [0.15, 0.2) is 12.9 Å². The van der Waals surface area contributed by atoms with Gasteiger partial charge >= 0.3 is 12.1 Å². The van der Waals surface area contributed by atoms with E-state index in [1.54, 1.807) is 22.7 Å². The summed E-state index contributed by atoms with van der Waals surface area (Å²) in [6.07, 6.45) is 5.51. The highest BCUT2D eigenvalue weighted by atomic mass is 16.6. The third kappa shape index (κ3) is 8.01. The second-order valence-electron chi connectivity index (χ2n) is 10.6. The van der Waals surface area contributed by atoms with Crippen molar-refractivity contribution in [2.45, 2.75) is 78.6 Å². The Balaban J connectivity index is 1.68. The fourth-order valence-corrected chi connectivity index (χ4v) is 4.30. The molecule has 0 saturated carbocycles. The number of carbonyl (C=O) groups is 1. The Morgan fingerprint density at radius 2 is 2.14 bits per heavy atom. The van der Waals surface area contributed by atoms with Crippen molar-refractivity contribution in [3.63, 3.8) is 0 Å². The first-order chi connectivity index (χ1) is 17.5. The summed E-state index contributed by atoms with van der Waals surface area (Å²) < 4.78 is 21.5. The van der Waals surface area contributed by atoms with Crippen LogP contribution in [0.4, 0.5) is 10.6 Å². The first kappa shape index (κ1) is 26.6. The third-order valence-corrected chi connectivity index (χ3v) is 6.07. The lowest BCUT2D eigenvalue weighted by Crippen LogP contribution is -2.41. The number of anilines is 1. The maximum absolute atomic E-state index is 12.3. The molecular formula is C24H40B2N7O3. The van der Waals surface area contributed by atoms with Crippen molar-refractivity contribution in [3.05, 3.63) is 11.9 Å². The molecule has 2 aromatic heterocycles. The molecule has 3 radical (unpaired) electrons. The molecule has 12 heteroatoms. The predicted molar refractivity (Wildman–Crippen MR) is 143 cm³/mol. The predicted octanol–water partition coefficient (Wildman–Crippen LogP) is 2.93. The Hall–Kier alpha value is -2.49. The van der Waals surface area contributed by atoms with Gasteiger partial charge in [0, 0.05) is 27.9 Å². The molecule has 195 valence electrons. The molecule has 1 fully saturated rings. The lowest BCUT2D eigenvalue weighted by Gasteiger charge is -2.34. The monoisotopic (exact) mass is 497 g/mol. The standard InChI is InChI=1S/C24H40B2N7O3/c1-7-8-17(2)35-22-29-20(28-16-26-25)21-27-13-19(33(21)30-22)15-32-11-9-18(10-12-32)14-31(6)23(34)36-24(3,4)5/h13,17-18H,7-12,14-16H2,1-6H3,(H,28,29,30)/i/hD. The molecular weight excluding hydrogens is 456 g/mol. The molecule has 0 spiro atoms. The van der Waals surface area contributed by atoms with Crippen LogP contribution in [0.5, 0.6) is 6.01 Å². The van der Waals surface area contributed by atoms with Crippen LogP contribution < -0.4 is 10.0 Å². The van der Waals surface area contributed by atoms with Gasteiger partial charge in [0.25, 0.3) is 0 Å². The van der Waals surface area contributed by atoms with Gasteiger partial charge < -0.3 is 19.7 Å². The number of hydrogen-bond acceptors (Lipinski definition) is 8. The van der Waals surface area contributed by atoms with Gasteiger partial charge in [-0.2, -0.15) is 4.98 Å². The van der Waals surface area contributed by atoms with Crippen LogP contribution in [0.1, 0.15) is 66.0 Å². The van der Waals surface area contributed by atoms with Gasteiger partial charge in [0.1, 0.15) is 5.60 Å². The average Bonchev–Trinajstić information content (AvgIpc) is 3.21. The van der Waals surface area contributed by atoms with Crippen molar-refractivity contribution in [3.8, 4) is 6.01 Å². The lowest BCUT2D eigenvalue weighted by molar-refractivity contribution is 0.0248. The van der Waals surface area contributed by atoms with Crippen LogP contribution in [0.25, 0.3) is 5.65 Å². The van der Waals surface area contributed by atoms with Gasteiger partial charge in [-0.15, -0.1) is 5.10 Å². The van der Waals surface area contributed by atoms with E-state index >= 15 is 0 Å². The largest absolute Gasteiger partial charge is 0.459 e. The van der Waals surface area contributed by atoms with E-state index in [0.29, 0.717) is 30.5 Å². The molecule has 1 saturated heterocycles. The van der Waals surface area contributed by atoms with Crippen molar-refractivity contribution in [2.24, 2.45) is 5.92 Å². The van der Waals surface area contributed by atoms with E-state index in [-0.39, 0.29) is 24.7 Å². The number of rotatable bonds is 11. The number of imidazole rings is 1. The Bertz CT molecular complexity index is 1030. The summed E-state index contributed by atoms with van der Waals surface area (Å²) in [6.45, 7) is 12.9. The van der Waals surface area contributed by atoms with Gasteiger partial charge in [0.2, 0.25) is 0 Å². The molecule has 3 rings (SSSR count). The Labute approximate surface area is 218 Å². The number of hydrogen-bond donors (Lipinski definition) is 1. The minimum absolute atomic E-state index is 0.0413. The summed E-state index contributed by atoms with van der Waals surface area (Å²) in [5, 5.41) is 5.81. The number of likely N-dealkylation sites (tertiary alicyclic amines) is 1. The smallest absolute Gasteiger partial charge is 0.410 e. The Morgan fingerprint density at radius 1 is 1.42 bits per heavy atom. The molecule has 10 nitrogen and oxygen atoms in total. The number of nitrogens with zero attached hydrogens (tertiary/aromatic N) is 6. The molecule has 1 aliphatic rings. The van der Waals surface area contributed by atoms with Crippen molar-refractivity contribution in [1.82, 2.24) is 29.4 Å². The van der Waals surface area contributed by atoms with Crippen molar-refractivity contribution in [2.75, 3.05) is 38.4 Å². The zero-order chi connectivity index (χ0) is 27.2. The average molecular weight is 497 g/mol. The third-order valence-electron chi connectivity index (χ3n) is 6.07. The van der Waals surface area contributed by atoms with E-state index < -0.39 is 5.60 Å². The number of fused-ring (bicyclic) bond motifs is 1. The van der Waals surface area contributed by atoms with Crippen LogP contribution in [0.3, 0.4) is 0 Å². The van der Waals surface area contributed by atoms with Crippen molar-refractivity contribution < 1.29 is 15.7 Å². The molecule has 1 atom stereocenters. The fourth-order valence-electron chi connectivity index (χ4n) is 4.30. The van der Waals surface area contributed by atoms with Gasteiger partial charge in [-0.25, -0.2) is 14.3 Å². The molecule has 1 amide bonds. The molecule has 1 unspecified atom stereocenters. The van der Waals surface area contributed by atoms with Gasteiger partial charge in [-0.1, -0.05) is 13.3 Å². The summed E-state index contributed by atoms with van der Waals surface area (Å²) in [7, 11) is 8.76. The SMILES string of the molecule is [2H]N(C[B][B])c1nc(OC(C)CCC)nn2c(CN3CCC(CN(C)C(=O)OC(C)(C)C)CC3)cnc12. The van der Waals surface area contributed by atoms with Crippen LogP contribution in [0.2, 0.25) is 1.41 Å². The molecule has 36 heavy (non-hydrogen) atoms. The second kappa shape index (κ2) is 12.7. The Kier molecular flexibility index (Phi) is 9.34. The summed E-state index contributed by atoms with van der Waals surface area (Å²) in [5.74, 6) is 0.778. The summed E-state index contributed by atoms with van der Waals surface area (Å²) in [6, 6.07) is 0.223. The first-order valence-corrected chi connectivity index (χ1v) is 12.9. The quantitative estimate of drug-likeness (QED) is 0.474. The van der Waals surface area contributed by atoms with E-state index in [4.69, 9.17) is 18.6 Å². The molecule has 0 bridgehead atoms. The zero-order valence-electron chi connectivity index (χ0n) is 23.6. The topological polar surface area (TPSA) is 97.1 Å². The molecule has 0 aromatic carbocycles. The molecule has 0 aliphatic carbocycles. The van der Waals surface area contributed by atoms with Crippen LogP contribution in [-0.2, 0) is 11.3 Å². The molecule has 2 aromatic rings. The fraction of sp³-hybridized carbons (Fsp3) is 0.750. The highest BCUT2D eigenvalue weighted by Crippen LogP contribution is 2.23. The number of piperidine rings is 1. The first-order valence-electron chi connectivity index (χ1n) is 13.3. The maximum atomic E-state index is 12.3. The van der Waals surface area contributed by atoms with Gasteiger partial charge in [-0.3, -0.25) is 4.90 Å². The van der Waals surface area contributed by atoms with E-state index in [1.165, 1.54) is 12.5 Å². The van der Waals surface area contributed by atoms with E-state index in [0.717, 1.165) is 44.5 Å².